The van der Waals surface area contributed by atoms with Crippen molar-refractivity contribution in [1.82, 2.24) is 25.4 Å². The second kappa shape index (κ2) is 12.8. The van der Waals surface area contributed by atoms with Gasteiger partial charge >= 0.3 is 0 Å². The maximum absolute atomic E-state index is 13.9. The highest BCUT2D eigenvalue weighted by Gasteiger charge is 2.43. The summed E-state index contributed by atoms with van der Waals surface area (Å²) < 4.78 is 13.4. The quantitative estimate of drug-likeness (QED) is 0.361. The zero-order chi connectivity index (χ0) is 28.8. The van der Waals surface area contributed by atoms with Crippen LogP contribution in [-0.4, -0.2) is 76.7 Å². The van der Waals surface area contributed by atoms with Crippen LogP contribution >= 0.6 is 0 Å². The summed E-state index contributed by atoms with van der Waals surface area (Å²) >= 11 is 0. The van der Waals surface area contributed by atoms with E-state index in [1.165, 1.54) is 24.0 Å². The van der Waals surface area contributed by atoms with Gasteiger partial charge in [0.05, 0.1) is 0 Å². The molecular formula is C30H36FN5O4. The maximum Gasteiger partial charge on any atom is 0.246 e. The molecule has 1 fully saturated rings. The standard InChI is InChI=1S/C30H36FN5O4/c1-4-7-26-30(40)36(27(28(38)32-3)18-23-17-21-8-5-6-9-24(21)34-23)15-14-35(26)29(39)25(33-19(2)37)16-20-10-12-22(31)13-11-20/h5-6,8-13,17,25-27,34H,4,7,14-16,18H2,1-3H3,(H,32,38)(H,33,37)/t25-,26+,27+/m1/s1. The number of likely N-dealkylation sites (N-methyl/N-ethyl adjacent to an activating group) is 1. The number of piperazine rings is 1. The number of carbonyl (C=O) groups excluding carboxylic acids is 4. The van der Waals surface area contributed by atoms with Gasteiger partial charge in [-0.3, -0.25) is 19.2 Å². The summed E-state index contributed by atoms with van der Waals surface area (Å²) in [4.78, 5) is 59.1. The first-order chi connectivity index (χ1) is 19.2. The van der Waals surface area contributed by atoms with Crippen molar-refractivity contribution in [1.29, 1.82) is 0 Å². The molecule has 40 heavy (non-hydrogen) atoms. The lowest BCUT2D eigenvalue weighted by Gasteiger charge is -2.44. The van der Waals surface area contributed by atoms with Crippen molar-refractivity contribution in [2.24, 2.45) is 0 Å². The summed E-state index contributed by atoms with van der Waals surface area (Å²) in [5.41, 5.74) is 2.46. The van der Waals surface area contributed by atoms with Gasteiger partial charge in [0.1, 0.15) is 23.9 Å². The van der Waals surface area contributed by atoms with E-state index in [-0.39, 0.29) is 43.1 Å². The number of benzene rings is 2. The predicted molar refractivity (Wildman–Crippen MR) is 150 cm³/mol. The van der Waals surface area contributed by atoms with Gasteiger partial charge in [-0.2, -0.15) is 0 Å². The van der Waals surface area contributed by atoms with Crippen LogP contribution in [0.4, 0.5) is 4.39 Å². The average molecular weight is 550 g/mol. The van der Waals surface area contributed by atoms with Crippen molar-refractivity contribution < 1.29 is 23.6 Å². The van der Waals surface area contributed by atoms with Crippen LogP contribution in [0.5, 0.6) is 0 Å². The Bertz CT molecular complexity index is 1340. The molecule has 9 nitrogen and oxygen atoms in total. The fourth-order valence-electron chi connectivity index (χ4n) is 5.40. The Hall–Kier alpha value is -4.21. The van der Waals surface area contributed by atoms with Gasteiger partial charge < -0.3 is 25.4 Å². The van der Waals surface area contributed by atoms with Crippen LogP contribution in [0.1, 0.15) is 37.9 Å². The number of para-hydroxylation sites is 1. The molecule has 2 aromatic carbocycles. The third kappa shape index (κ3) is 6.50. The molecule has 0 saturated carbocycles. The number of hydrogen-bond acceptors (Lipinski definition) is 4. The minimum atomic E-state index is -0.914. The van der Waals surface area contributed by atoms with Gasteiger partial charge in [0.2, 0.25) is 23.6 Å². The molecule has 0 unspecified atom stereocenters. The Morgan fingerprint density at radius 2 is 1.80 bits per heavy atom. The summed E-state index contributed by atoms with van der Waals surface area (Å²) in [6.45, 7) is 3.65. The van der Waals surface area contributed by atoms with Crippen molar-refractivity contribution in [3.05, 3.63) is 71.7 Å². The summed E-state index contributed by atoms with van der Waals surface area (Å²) in [6.07, 6.45) is 1.51. The Morgan fingerprint density at radius 1 is 1.07 bits per heavy atom. The Kier molecular flexibility index (Phi) is 9.19. The maximum atomic E-state index is 13.9. The third-order valence-electron chi connectivity index (χ3n) is 7.32. The summed E-state index contributed by atoms with van der Waals surface area (Å²) in [5, 5.41) is 6.41. The highest BCUT2D eigenvalue weighted by Crippen LogP contribution is 2.23. The van der Waals surface area contributed by atoms with E-state index < -0.39 is 23.9 Å². The molecule has 10 heteroatoms. The molecule has 1 aliphatic rings. The van der Waals surface area contributed by atoms with Crippen LogP contribution in [0.15, 0.2) is 54.6 Å². The lowest BCUT2D eigenvalue weighted by molar-refractivity contribution is -0.157. The number of carbonyl (C=O) groups is 4. The van der Waals surface area contributed by atoms with Crippen LogP contribution in [0.25, 0.3) is 10.9 Å². The number of amides is 4. The molecule has 0 aliphatic carbocycles. The van der Waals surface area contributed by atoms with E-state index in [1.54, 1.807) is 24.1 Å². The van der Waals surface area contributed by atoms with E-state index in [0.717, 1.165) is 16.6 Å². The number of halogens is 1. The van der Waals surface area contributed by atoms with E-state index in [1.807, 2.05) is 37.3 Å². The SMILES string of the molecule is CCC[C@H]1C(=O)N([C@@H](Cc2cc3ccccc3[nH]2)C(=O)NC)CCN1C(=O)[C@@H](Cc1ccc(F)cc1)NC(C)=O. The third-order valence-corrected chi connectivity index (χ3v) is 7.32. The molecule has 0 radical (unpaired) electrons. The number of aromatic nitrogens is 1. The van der Waals surface area contributed by atoms with E-state index in [0.29, 0.717) is 24.8 Å². The highest BCUT2D eigenvalue weighted by molar-refractivity contribution is 5.95. The first kappa shape index (κ1) is 28.8. The second-order valence-electron chi connectivity index (χ2n) is 10.2. The van der Waals surface area contributed by atoms with Crippen molar-refractivity contribution in [2.45, 2.75) is 57.7 Å². The number of nitrogens with one attached hydrogen (secondary N) is 3. The van der Waals surface area contributed by atoms with Gasteiger partial charge in [0, 0.05) is 51.1 Å². The summed E-state index contributed by atoms with van der Waals surface area (Å²) in [5.74, 6) is -1.73. The van der Waals surface area contributed by atoms with E-state index >= 15 is 0 Å². The lowest BCUT2D eigenvalue weighted by atomic mass is 9.98. The van der Waals surface area contributed by atoms with Gasteiger partial charge in [0.25, 0.3) is 0 Å². The number of aromatic amines is 1. The summed E-state index contributed by atoms with van der Waals surface area (Å²) in [6, 6.07) is 13.1. The summed E-state index contributed by atoms with van der Waals surface area (Å²) in [7, 11) is 1.54. The lowest BCUT2D eigenvalue weighted by Crippen LogP contribution is -2.65. The molecule has 3 atom stereocenters. The molecule has 3 aromatic rings. The van der Waals surface area contributed by atoms with Crippen LogP contribution in [0.2, 0.25) is 0 Å². The zero-order valence-corrected chi connectivity index (χ0v) is 23.1. The first-order valence-electron chi connectivity index (χ1n) is 13.6. The number of fused-ring (bicyclic) bond motifs is 1. The largest absolute Gasteiger partial charge is 0.358 e. The smallest absolute Gasteiger partial charge is 0.246 e. The van der Waals surface area contributed by atoms with E-state index in [2.05, 4.69) is 15.6 Å². The minimum Gasteiger partial charge on any atom is -0.358 e. The zero-order valence-electron chi connectivity index (χ0n) is 23.1. The second-order valence-corrected chi connectivity index (χ2v) is 10.2. The van der Waals surface area contributed by atoms with Crippen molar-refractivity contribution in [3.63, 3.8) is 0 Å². The molecular weight excluding hydrogens is 513 g/mol. The number of rotatable bonds is 10. The average Bonchev–Trinajstić information content (AvgIpc) is 3.35. The number of nitrogens with zero attached hydrogens (tertiary/aromatic N) is 2. The van der Waals surface area contributed by atoms with Gasteiger partial charge in [-0.25, -0.2) is 4.39 Å². The van der Waals surface area contributed by atoms with Gasteiger partial charge in [-0.15, -0.1) is 0 Å². The molecule has 3 N–H and O–H groups in total. The molecule has 2 heterocycles. The molecule has 212 valence electrons. The predicted octanol–water partition coefficient (Wildman–Crippen LogP) is 2.55. The van der Waals surface area contributed by atoms with Gasteiger partial charge in [-0.05, 0) is 41.6 Å². The number of hydrogen-bond donors (Lipinski definition) is 3. The molecule has 1 saturated heterocycles. The van der Waals surface area contributed by atoms with Crippen molar-refractivity contribution >= 4 is 34.5 Å². The number of H-pyrrole nitrogens is 1. The fraction of sp³-hybridized carbons (Fsp3) is 0.400. The molecule has 1 aromatic heterocycles. The monoisotopic (exact) mass is 549 g/mol. The van der Waals surface area contributed by atoms with E-state index in [4.69, 9.17) is 0 Å². The van der Waals surface area contributed by atoms with Crippen LogP contribution in [0.3, 0.4) is 0 Å². The minimum absolute atomic E-state index is 0.160. The normalized spacial score (nSPS) is 17.0. The van der Waals surface area contributed by atoms with Crippen LogP contribution in [-0.2, 0) is 32.0 Å². The fourth-order valence-corrected chi connectivity index (χ4v) is 5.40. The van der Waals surface area contributed by atoms with Crippen LogP contribution < -0.4 is 10.6 Å². The van der Waals surface area contributed by atoms with Gasteiger partial charge in [-0.1, -0.05) is 43.7 Å². The Balaban J connectivity index is 1.57. The molecule has 1 aliphatic heterocycles. The Morgan fingerprint density at radius 3 is 2.45 bits per heavy atom. The van der Waals surface area contributed by atoms with Crippen molar-refractivity contribution in [3.8, 4) is 0 Å². The first-order valence-corrected chi connectivity index (χ1v) is 13.6. The molecule has 4 rings (SSSR count). The molecule has 4 amide bonds. The topological polar surface area (TPSA) is 115 Å². The van der Waals surface area contributed by atoms with Crippen molar-refractivity contribution in [2.75, 3.05) is 20.1 Å². The van der Waals surface area contributed by atoms with E-state index in [9.17, 15) is 23.6 Å². The highest BCUT2D eigenvalue weighted by atomic mass is 19.1. The molecule has 0 bridgehead atoms. The van der Waals surface area contributed by atoms with Gasteiger partial charge in [0.15, 0.2) is 0 Å². The molecule has 0 spiro atoms. The van der Waals surface area contributed by atoms with Crippen LogP contribution in [0, 0.1) is 5.82 Å². The Labute approximate surface area is 233 Å².